The third-order valence-electron chi connectivity index (χ3n) is 3.13. The lowest BCUT2D eigenvalue weighted by atomic mass is 9.93. The molecule has 2 heterocycles. The molecule has 1 aromatic rings. The van der Waals surface area contributed by atoms with Crippen LogP contribution in [0.4, 0.5) is 0 Å². The second kappa shape index (κ2) is 4.53. The highest BCUT2D eigenvalue weighted by molar-refractivity contribution is 5.17. The number of aromatic amines is 1. The van der Waals surface area contributed by atoms with Crippen molar-refractivity contribution in [1.82, 2.24) is 15.3 Å². The Morgan fingerprint density at radius 2 is 2.41 bits per heavy atom. The average Bonchev–Trinajstić information content (AvgIpc) is 2.72. The number of nitrogens with zero attached hydrogens (tertiary/aromatic N) is 1. The highest BCUT2D eigenvalue weighted by Crippen LogP contribution is 2.25. The van der Waals surface area contributed by atoms with Crippen molar-refractivity contribution in [2.24, 2.45) is 5.41 Å². The van der Waals surface area contributed by atoms with E-state index in [-0.39, 0.29) is 11.5 Å². The second-order valence-electron chi connectivity index (χ2n) is 5.49. The standard InChI is InChI=1S/C13H21N3O/c1-9(13(2,3)4)14-7-11-12-10(5-6-17-11)15-8-16-12/h8,11,14H,1,5-7H2,2-4H3,(H,15,16). The van der Waals surface area contributed by atoms with Gasteiger partial charge in [0.1, 0.15) is 6.10 Å². The van der Waals surface area contributed by atoms with Gasteiger partial charge in [0.05, 0.1) is 18.6 Å². The van der Waals surface area contributed by atoms with Gasteiger partial charge in [-0.1, -0.05) is 27.4 Å². The highest BCUT2D eigenvalue weighted by atomic mass is 16.5. The summed E-state index contributed by atoms with van der Waals surface area (Å²) in [5.74, 6) is 0. The fourth-order valence-electron chi connectivity index (χ4n) is 1.83. The van der Waals surface area contributed by atoms with Crippen molar-refractivity contribution in [2.75, 3.05) is 13.2 Å². The highest BCUT2D eigenvalue weighted by Gasteiger charge is 2.24. The van der Waals surface area contributed by atoms with Gasteiger partial charge in [0.25, 0.3) is 0 Å². The predicted octanol–water partition coefficient (Wildman–Crippen LogP) is 2.17. The summed E-state index contributed by atoms with van der Waals surface area (Å²) in [7, 11) is 0. The number of hydrogen-bond acceptors (Lipinski definition) is 3. The fraction of sp³-hybridized carbons (Fsp3) is 0.615. The molecule has 0 bridgehead atoms. The average molecular weight is 235 g/mol. The fourth-order valence-corrected chi connectivity index (χ4v) is 1.83. The van der Waals surface area contributed by atoms with Gasteiger partial charge in [-0.05, 0) is 0 Å². The maximum Gasteiger partial charge on any atom is 0.118 e. The Morgan fingerprint density at radius 1 is 1.65 bits per heavy atom. The first-order chi connectivity index (χ1) is 7.98. The van der Waals surface area contributed by atoms with Crippen LogP contribution in [0.1, 0.15) is 38.3 Å². The third-order valence-corrected chi connectivity index (χ3v) is 3.13. The molecule has 0 aliphatic carbocycles. The van der Waals surface area contributed by atoms with E-state index in [9.17, 15) is 0 Å². The molecule has 1 atom stereocenters. The molecule has 4 heteroatoms. The van der Waals surface area contributed by atoms with Crippen LogP contribution in [0.25, 0.3) is 0 Å². The molecule has 0 spiro atoms. The summed E-state index contributed by atoms with van der Waals surface area (Å²) in [6, 6.07) is 0. The lowest BCUT2D eigenvalue weighted by Gasteiger charge is -2.27. The normalized spacial score (nSPS) is 19.8. The number of nitrogens with one attached hydrogen (secondary N) is 2. The van der Waals surface area contributed by atoms with Crippen LogP contribution in [0, 0.1) is 5.41 Å². The minimum Gasteiger partial charge on any atom is -0.385 e. The van der Waals surface area contributed by atoms with Crippen molar-refractivity contribution < 1.29 is 4.74 Å². The SMILES string of the molecule is C=C(NCC1OCCc2[nH]cnc21)C(C)(C)C. The summed E-state index contributed by atoms with van der Waals surface area (Å²) in [6.07, 6.45) is 2.70. The van der Waals surface area contributed by atoms with Crippen LogP contribution in [-0.2, 0) is 11.2 Å². The summed E-state index contributed by atoms with van der Waals surface area (Å²) >= 11 is 0. The van der Waals surface area contributed by atoms with E-state index in [1.54, 1.807) is 6.33 Å². The largest absolute Gasteiger partial charge is 0.385 e. The van der Waals surface area contributed by atoms with Crippen LogP contribution in [0.2, 0.25) is 0 Å². The van der Waals surface area contributed by atoms with Gasteiger partial charge in [0, 0.05) is 29.8 Å². The molecule has 2 N–H and O–H groups in total. The molecular formula is C13H21N3O. The molecule has 0 aromatic carbocycles. The van der Waals surface area contributed by atoms with Crippen molar-refractivity contribution in [3.05, 3.63) is 30.0 Å². The van der Waals surface area contributed by atoms with Gasteiger partial charge in [-0.2, -0.15) is 0 Å². The smallest absolute Gasteiger partial charge is 0.118 e. The molecule has 0 saturated heterocycles. The third kappa shape index (κ3) is 2.69. The summed E-state index contributed by atoms with van der Waals surface area (Å²) in [6.45, 7) is 12.0. The number of aromatic nitrogens is 2. The molecule has 0 amide bonds. The maximum absolute atomic E-state index is 5.74. The van der Waals surface area contributed by atoms with Gasteiger partial charge >= 0.3 is 0 Å². The van der Waals surface area contributed by atoms with Crippen molar-refractivity contribution in [3.8, 4) is 0 Å². The molecule has 1 aliphatic heterocycles. The van der Waals surface area contributed by atoms with Crippen molar-refractivity contribution in [1.29, 1.82) is 0 Å². The topological polar surface area (TPSA) is 49.9 Å². The summed E-state index contributed by atoms with van der Waals surface area (Å²) in [5.41, 5.74) is 3.34. The zero-order valence-electron chi connectivity index (χ0n) is 10.8. The zero-order chi connectivity index (χ0) is 12.5. The number of H-pyrrole nitrogens is 1. The molecular weight excluding hydrogens is 214 g/mol. The van der Waals surface area contributed by atoms with E-state index < -0.39 is 0 Å². The lowest BCUT2D eigenvalue weighted by Crippen LogP contribution is -2.31. The number of ether oxygens (including phenoxy) is 1. The van der Waals surface area contributed by atoms with E-state index >= 15 is 0 Å². The van der Waals surface area contributed by atoms with Crippen molar-refractivity contribution in [2.45, 2.75) is 33.3 Å². The molecule has 1 aromatic heterocycles. The van der Waals surface area contributed by atoms with Crippen LogP contribution >= 0.6 is 0 Å². The first-order valence-electron chi connectivity index (χ1n) is 6.05. The predicted molar refractivity (Wildman–Crippen MR) is 67.6 cm³/mol. The summed E-state index contributed by atoms with van der Waals surface area (Å²) in [5, 5.41) is 3.35. The van der Waals surface area contributed by atoms with Crippen LogP contribution in [0.5, 0.6) is 0 Å². The minimum absolute atomic E-state index is 0.0316. The molecule has 4 nitrogen and oxygen atoms in total. The van der Waals surface area contributed by atoms with Crippen LogP contribution < -0.4 is 5.32 Å². The van der Waals surface area contributed by atoms with E-state index in [1.807, 2.05) is 0 Å². The quantitative estimate of drug-likeness (QED) is 0.844. The number of imidazole rings is 1. The molecule has 0 radical (unpaired) electrons. The second-order valence-corrected chi connectivity index (χ2v) is 5.49. The summed E-state index contributed by atoms with van der Waals surface area (Å²) in [4.78, 5) is 7.49. The minimum atomic E-state index is 0.0316. The Balaban J connectivity index is 1.96. The first-order valence-corrected chi connectivity index (χ1v) is 6.05. The van der Waals surface area contributed by atoms with E-state index in [0.717, 1.165) is 31.0 Å². The van der Waals surface area contributed by atoms with Gasteiger partial charge in [0.15, 0.2) is 0 Å². The van der Waals surface area contributed by atoms with E-state index in [4.69, 9.17) is 4.74 Å². The molecule has 94 valence electrons. The molecule has 0 fully saturated rings. The van der Waals surface area contributed by atoms with E-state index in [2.05, 4.69) is 42.6 Å². The number of allylic oxidation sites excluding steroid dienone is 1. The lowest BCUT2D eigenvalue weighted by molar-refractivity contribution is 0.0400. The molecule has 1 unspecified atom stereocenters. The Bertz CT molecular complexity index is 403. The zero-order valence-corrected chi connectivity index (χ0v) is 10.8. The first kappa shape index (κ1) is 12.2. The molecule has 17 heavy (non-hydrogen) atoms. The van der Waals surface area contributed by atoms with E-state index in [0.29, 0.717) is 0 Å². The Morgan fingerprint density at radius 3 is 3.12 bits per heavy atom. The van der Waals surface area contributed by atoms with Crippen LogP contribution in [-0.4, -0.2) is 23.1 Å². The van der Waals surface area contributed by atoms with Gasteiger partial charge in [-0.3, -0.25) is 0 Å². The van der Waals surface area contributed by atoms with Crippen molar-refractivity contribution in [3.63, 3.8) is 0 Å². The van der Waals surface area contributed by atoms with Gasteiger partial charge in [-0.25, -0.2) is 4.98 Å². The monoisotopic (exact) mass is 235 g/mol. The van der Waals surface area contributed by atoms with Crippen molar-refractivity contribution >= 4 is 0 Å². The van der Waals surface area contributed by atoms with Crippen LogP contribution in [0.15, 0.2) is 18.6 Å². The van der Waals surface area contributed by atoms with Gasteiger partial charge < -0.3 is 15.0 Å². The number of hydrogen-bond donors (Lipinski definition) is 2. The maximum atomic E-state index is 5.74. The molecule has 1 aliphatic rings. The Labute approximate surface area is 102 Å². The van der Waals surface area contributed by atoms with E-state index in [1.165, 1.54) is 5.69 Å². The Hall–Kier alpha value is -1.29. The van der Waals surface area contributed by atoms with Gasteiger partial charge in [0.2, 0.25) is 0 Å². The molecule has 2 rings (SSSR count). The molecule has 0 saturated carbocycles. The van der Waals surface area contributed by atoms with Gasteiger partial charge in [-0.15, -0.1) is 0 Å². The summed E-state index contributed by atoms with van der Waals surface area (Å²) < 4.78 is 5.74. The number of fused-ring (bicyclic) bond motifs is 1. The Kier molecular flexibility index (Phi) is 3.24. The van der Waals surface area contributed by atoms with Crippen LogP contribution in [0.3, 0.4) is 0 Å². The number of rotatable bonds is 3.